The molecule has 1 fully saturated rings. The van der Waals surface area contributed by atoms with E-state index in [1.54, 1.807) is 12.1 Å². The molecule has 1 aromatic carbocycles. The van der Waals surface area contributed by atoms with Gasteiger partial charge in [0, 0.05) is 4.47 Å². The number of imide groups is 1. The highest BCUT2D eigenvalue weighted by Crippen LogP contribution is 2.38. The van der Waals surface area contributed by atoms with E-state index < -0.39 is 23.1 Å². The van der Waals surface area contributed by atoms with E-state index in [1.807, 2.05) is 0 Å². The van der Waals surface area contributed by atoms with Gasteiger partial charge in [0.1, 0.15) is 5.76 Å². The minimum Gasteiger partial charge on any atom is -0.493 e. The molecule has 2 amide bonds. The third-order valence-corrected chi connectivity index (χ3v) is 5.97. The molecule has 1 aliphatic rings. The zero-order valence-corrected chi connectivity index (χ0v) is 20.1. The molecular formula is C21H18BrNO9S. The Labute approximate surface area is 200 Å². The van der Waals surface area contributed by atoms with Gasteiger partial charge in [-0.1, -0.05) is 15.9 Å². The highest BCUT2D eigenvalue weighted by molar-refractivity contribution is 9.10. The number of furan rings is 1. The number of methoxy groups -OCH3 is 3. The number of halogens is 1. The first-order chi connectivity index (χ1) is 15.8. The molecule has 33 heavy (non-hydrogen) atoms. The normalized spacial score (nSPS) is 14.5. The van der Waals surface area contributed by atoms with Crippen LogP contribution in [0.15, 0.2) is 38.1 Å². The Morgan fingerprint density at radius 3 is 2.55 bits per heavy atom. The van der Waals surface area contributed by atoms with Crippen LogP contribution in [-0.2, 0) is 25.6 Å². The largest absolute Gasteiger partial charge is 0.493 e. The van der Waals surface area contributed by atoms with Gasteiger partial charge in [0.2, 0.25) is 5.76 Å². The van der Waals surface area contributed by atoms with Gasteiger partial charge in [-0.2, -0.15) is 0 Å². The number of benzene rings is 1. The first kappa shape index (κ1) is 24.4. The minimum atomic E-state index is -0.659. The second-order valence-electron chi connectivity index (χ2n) is 6.41. The van der Waals surface area contributed by atoms with Crippen molar-refractivity contribution in [3.8, 4) is 11.5 Å². The Balaban J connectivity index is 1.80. The summed E-state index contributed by atoms with van der Waals surface area (Å²) in [7, 11) is 3.90. The SMILES string of the molecule is COC(=O)COc1cc(Br)c(/C=C2/SC(=O)N(Cc3ccc(C(=O)OC)o3)C2=O)cc1OC. The van der Waals surface area contributed by atoms with Crippen molar-refractivity contribution in [1.82, 2.24) is 4.90 Å². The molecule has 0 atom stereocenters. The van der Waals surface area contributed by atoms with Gasteiger partial charge in [-0.25, -0.2) is 9.59 Å². The number of amides is 2. The predicted molar refractivity (Wildman–Crippen MR) is 120 cm³/mol. The van der Waals surface area contributed by atoms with Crippen LogP contribution in [-0.4, -0.2) is 55.9 Å². The molecule has 3 rings (SSSR count). The van der Waals surface area contributed by atoms with Crippen molar-refractivity contribution < 1.29 is 42.5 Å². The van der Waals surface area contributed by atoms with E-state index in [9.17, 15) is 19.2 Å². The van der Waals surface area contributed by atoms with Crippen LogP contribution in [0.1, 0.15) is 21.9 Å². The Morgan fingerprint density at radius 2 is 1.88 bits per heavy atom. The van der Waals surface area contributed by atoms with E-state index in [4.69, 9.17) is 13.9 Å². The van der Waals surface area contributed by atoms with E-state index >= 15 is 0 Å². The fourth-order valence-corrected chi connectivity index (χ4v) is 4.00. The van der Waals surface area contributed by atoms with Crippen LogP contribution in [0.4, 0.5) is 4.79 Å². The molecule has 0 unspecified atom stereocenters. The van der Waals surface area contributed by atoms with Crippen molar-refractivity contribution in [2.75, 3.05) is 27.9 Å². The van der Waals surface area contributed by atoms with Crippen LogP contribution in [0, 0.1) is 0 Å². The van der Waals surface area contributed by atoms with Crippen molar-refractivity contribution in [2.24, 2.45) is 0 Å². The zero-order chi connectivity index (χ0) is 24.1. The fraction of sp³-hybridized carbons (Fsp3) is 0.238. The summed E-state index contributed by atoms with van der Waals surface area (Å²) in [6, 6.07) is 6.08. The second-order valence-corrected chi connectivity index (χ2v) is 8.26. The van der Waals surface area contributed by atoms with Crippen molar-refractivity contribution in [1.29, 1.82) is 0 Å². The van der Waals surface area contributed by atoms with Crippen LogP contribution < -0.4 is 9.47 Å². The van der Waals surface area contributed by atoms with Gasteiger partial charge in [-0.3, -0.25) is 14.5 Å². The minimum absolute atomic E-state index is 0.0273. The van der Waals surface area contributed by atoms with Crippen LogP contribution in [0.3, 0.4) is 0 Å². The van der Waals surface area contributed by atoms with Crippen LogP contribution >= 0.6 is 27.7 Å². The highest BCUT2D eigenvalue weighted by Gasteiger charge is 2.36. The molecule has 0 radical (unpaired) electrons. The molecule has 1 aromatic heterocycles. The van der Waals surface area contributed by atoms with E-state index in [0.717, 1.165) is 16.7 Å². The molecule has 12 heteroatoms. The predicted octanol–water partition coefficient (Wildman–Crippen LogP) is 3.63. The number of nitrogens with zero attached hydrogens (tertiary/aromatic N) is 1. The number of hydrogen-bond donors (Lipinski definition) is 0. The van der Waals surface area contributed by atoms with E-state index in [1.165, 1.54) is 39.5 Å². The van der Waals surface area contributed by atoms with Gasteiger partial charge in [0.25, 0.3) is 11.1 Å². The maximum absolute atomic E-state index is 12.8. The van der Waals surface area contributed by atoms with Crippen molar-refractivity contribution >= 4 is 56.9 Å². The molecule has 174 valence electrons. The van der Waals surface area contributed by atoms with Crippen LogP contribution in [0.2, 0.25) is 0 Å². The summed E-state index contributed by atoms with van der Waals surface area (Å²) in [5.74, 6) is -0.889. The maximum atomic E-state index is 12.8. The number of carbonyl (C=O) groups excluding carboxylic acids is 4. The zero-order valence-electron chi connectivity index (χ0n) is 17.7. The lowest BCUT2D eigenvalue weighted by Gasteiger charge is -2.12. The standard InChI is InChI=1S/C21H18BrNO9S/c1-28-15-6-11(13(22)8-16(15)31-10-18(24)29-2)7-17-19(25)23(21(27)33-17)9-12-4-5-14(32-12)20(26)30-3/h4-8H,9-10H2,1-3H3/b17-7+. The lowest BCUT2D eigenvalue weighted by molar-refractivity contribution is -0.143. The van der Waals surface area contributed by atoms with Crippen LogP contribution in [0.5, 0.6) is 11.5 Å². The first-order valence-electron chi connectivity index (χ1n) is 9.27. The molecule has 0 saturated carbocycles. The highest BCUT2D eigenvalue weighted by atomic mass is 79.9. The van der Waals surface area contributed by atoms with E-state index in [2.05, 4.69) is 25.4 Å². The lowest BCUT2D eigenvalue weighted by Crippen LogP contribution is -2.27. The summed E-state index contributed by atoms with van der Waals surface area (Å²) in [4.78, 5) is 49.3. The third-order valence-electron chi connectivity index (χ3n) is 4.38. The number of rotatable bonds is 8. The number of ether oxygens (including phenoxy) is 4. The average Bonchev–Trinajstić information content (AvgIpc) is 3.38. The fourth-order valence-electron chi connectivity index (χ4n) is 2.74. The lowest BCUT2D eigenvalue weighted by atomic mass is 10.2. The van der Waals surface area contributed by atoms with Gasteiger partial charge >= 0.3 is 11.9 Å². The monoisotopic (exact) mass is 539 g/mol. The van der Waals surface area contributed by atoms with Crippen LogP contribution in [0.25, 0.3) is 6.08 Å². The second kappa shape index (κ2) is 10.6. The summed E-state index contributed by atoms with van der Waals surface area (Å²) in [5.41, 5.74) is 0.550. The quantitative estimate of drug-likeness (QED) is 0.363. The summed E-state index contributed by atoms with van der Waals surface area (Å²) < 4.78 is 25.7. The molecule has 2 aromatic rings. The number of thioether (sulfide) groups is 1. The molecule has 2 heterocycles. The Bertz CT molecular complexity index is 1140. The van der Waals surface area contributed by atoms with Crippen molar-refractivity contribution in [3.63, 3.8) is 0 Å². The number of esters is 2. The average molecular weight is 540 g/mol. The van der Waals surface area contributed by atoms with E-state index in [0.29, 0.717) is 21.5 Å². The molecular weight excluding hydrogens is 522 g/mol. The summed E-state index contributed by atoms with van der Waals surface area (Å²) in [6.45, 7) is -0.439. The van der Waals surface area contributed by atoms with E-state index in [-0.39, 0.29) is 29.6 Å². The molecule has 10 nitrogen and oxygen atoms in total. The summed E-state index contributed by atoms with van der Waals surface area (Å²) in [5, 5.41) is -0.483. The molecule has 0 aliphatic carbocycles. The smallest absolute Gasteiger partial charge is 0.373 e. The van der Waals surface area contributed by atoms with Gasteiger partial charge in [0.05, 0.1) is 32.8 Å². The summed E-state index contributed by atoms with van der Waals surface area (Å²) in [6.07, 6.45) is 1.53. The Hall–Kier alpha value is -3.25. The van der Waals surface area contributed by atoms with Gasteiger partial charge < -0.3 is 23.4 Å². The molecule has 0 spiro atoms. The van der Waals surface area contributed by atoms with Gasteiger partial charge in [0.15, 0.2) is 18.1 Å². The molecule has 1 saturated heterocycles. The summed E-state index contributed by atoms with van der Waals surface area (Å²) >= 11 is 4.16. The van der Waals surface area contributed by atoms with Gasteiger partial charge in [-0.15, -0.1) is 0 Å². The maximum Gasteiger partial charge on any atom is 0.373 e. The molecule has 1 aliphatic heterocycles. The van der Waals surface area contributed by atoms with Gasteiger partial charge in [-0.05, 0) is 47.7 Å². The number of hydrogen-bond acceptors (Lipinski definition) is 10. The Morgan fingerprint density at radius 1 is 1.12 bits per heavy atom. The number of carbonyl (C=O) groups is 4. The molecule has 0 bridgehead atoms. The van der Waals surface area contributed by atoms with Crippen molar-refractivity contribution in [3.05, 3.63) is 50.7 Å². The van der Waals surface area contributed by atoms with Crippen molar-refractivity contribution in [2.45, 2.75) is 6.54 Å². The molecule has 0 N–H and O–H groups in total. The first-order valence-corrected chi connectivity index (χ1v) is 10.9. The topological polar surface area (TPSA) is 122 Å². The Kier molecular flexibility index (Phi) is 7.82. The third kappa shape index (κ3) is 5.57.